The highest BCUT2D eigenvalue weighted by molar-refractivity contribution is 9.10. The smallest absolute Gasteiger partial charge is 0.241 e. The molecule has 1 aromatic carbocycles. The molecule has 0 aliphatic heterocycles. The molecule has 0 spiro atoms. The molecule has 3 rings (SSSR count). The monoisotopic (exact) mass is 358 g/mol. The number of aryl methyl sites for hydroxylation is 1. The lowest BCUT2D eigenvalue weighted by molar-refractivity contribution is 0.471. The molecule has 2 saturated carbocycles. The summed E-state index contributed by atoms with van der Waals surface area (Å²) in [5.74, 6) is 1.07. The summed E-state index contributed by atoms with van der Waals surface area (Å²) in [6.07, 6.45) is 4.58. The fourth-order valence-corrected chi connectivity index (χ4v) is 4.78. The summed E-state index contributed by atoms with van der Waals surface area (Å²) in [4.78, 5) is 0.296. The predicted octanol–water partition coefficient (Wildman–Crippen LogP) is 2.81. The Balaban J connectivity index is 1.89. The van der Waals surface area contributed by atoms with E-state index >= 15 is 0 Å². The summed E-state index contributed by atoms with van der Waals surface area (Å²) in [5.41, 5.74) is 6.98. The lowest BCUT2D eigenvalue weighted by Crippen LogP contribution is -2.38. The Morgan fingerprint density at radius 1 is 1.25 bits per heavy atom. The molecule has 0 radical (unpaired) electrons. The van der Waals surface area contributed by atoms with Crippen molar-refractivity contribution in [1.29, 1.82) is 0 Å². The highest BCUT2D eigenvalue weighted by Crippen LogP contribution is 2.45. The van der Waals surface area contributed by atoms with E-state index in [0.717, 1.165) is 30.2 Å². The number of nitrogens with one attached hydrogen (secondary N) is 1. The molecule has 0 heterocycles. The number of nitrogen functional groups attached to an aromatic ring is 1. The Morgan fingerprint density at radius 2 is 1.80 bits per heavy atom. The van der Waals surface area contributed by atoms with Crippen molar-refractivity contribution in [2.45, 2.75) is 43.5 Å². The quantitative estimate of drug-likeness (QED) is 0.794. The molecule has 3 N–H and O–H groups in total. The summed E-state index contributed by atoms with van der Waals surface area (Å²) >= 11 is 3.32. The van der Waals surface area contributed by atoms with Crippen LogP contribution in [0.3, 0.4) is 0 Å². The van der Waals surface area contributed by atoms with Crippen molar-refractivity contribution in [2.75, 3.05) is 5.73 Å². The zero-order chi connectivity index (χ0) is 14.5. The van der Waals surface area contributed by atoms with Gasteiger partial charge in [0, 0.05) is 16.2 Å². The van der Waals surface area contributed by atoms with Crippen molar-refractivity contribution >= 4 is 31.6 Å². The summed E-state index contributed by atoms with van der Waals surface area (Å²) in [6.45, 7) is 1.79. The minimum absolute atomic E-state index is 0.115. The third kappa shape index (κ3) is 2.87. The van der Waals surface area contributed by atoms with Crippen molar-refractivity contribution in [3.05, 3.63) is 22.2 Å². The Hall–Kier alpha value is -0.590. The van der Waals surface area contributed by atoms with Crippen LogP contribution in [-0.4, -0.2) is 14.5 Å². The number of hydrogen-bond acceptors (Lipinski definition) is 3. The molecular formula is C14H19BrN2O2S. The minimum atomic E-state index is -3.49. The van der Waals surface area contributed by atoms with Gasteiger partial charge in [-0.2, -0.15) is 0 Å². The maximum atomic E-state index is 12.6. The number of anilines is 1. The highest BCUT2D eigenvalue weighted by Gasteiger charge is 2.43. The van der Waals surface area contributed by atoms with Crippen LogP contribution >= 0.6 is 15.9 Å². The second-order valence-corrected chi connectivity index (χ2v) is 8.50. The largest absolute Gasteiger partial charge is 0.398 e. The van der Waals surface area contributed by atoms with Crippen molar-refractivity contribution < 1.29 is 8.42 Å². The molecule has 110 valence electrons. The van der Waals surface area contributed by atoms with Crippen LogP contribution in [0.25, 0.3) is 0 Å². The molecule has 0 amide bonds. The van der Waals surface area contributed by atoms with E-state index in [1.165, 1.54) is 0 Å². The first-order valence-electron chi connectivity index (χ1n) is 6.96. The molecule has 0 unspecified atom stereocenters. The zero-order valence-corrected chi connectivity index (χ0v) is 13.8. The van der Waals surface area contributed by atoms with Gasteiger partial charge in [-0.15, -0.1) is 0 Å². The van der Waals surface area contributed by atoms with Crippen molar-refractivity contribution in [1.82, 2.24) is 4.72 Å². The van der Waals surface area contributed by atoms with E-state index < -0.39 is 10.0 Å². The van der Waals surface area contributed by atoms with E-state index in [9.17, 15) is 8.42 Å². The van der Waals surface area contributed by atoms with Gasteiger partial charge in [0.2, 0.25) is 10.0 Å². The third-order valence-electron chi connectivity index (χ3n) is 4.13. The first kappa shape index (κ1) is 14.4. The van der Waals surface area contributed by atoms with Crippen LogP contribution in [0.2, 0.25) is 0 Å². The zero-order valence-electron chi connectivity index (χ0n) is 11.4. The van der Waals surface area contributed by atoms with E-state index in [4.69, 9.17) is 5.73 Å². The van der Waals surface area contributed by atoms with Crippen molar-refractivity contribution in [2.24, 2.45) is 11.8 Å². The van der Waals surface area contributed by atoms with Gasteiger partial charge in [-0.05, 0) is 78.1 Å². The molecule has 0 saturated heterocycles. The lowest BCUT2D eigenvalue weighted by atomic mass is 10.1. The van der Waals surface area contributed by atoms with Crippen LogP contribution in [0.15, 0.2) is 21.5 Å². The number of benzene rings is 1. The standard InChI is InChI=1S/C14H19BrN2O2S/c1-8-6-11(15)12(16)7-13(8)20(18,19)17-14(9-2-3-9)10-4-5-10/h6-7,9-10,14,17H,2-5,16H2,1H3. The van der Waals surface area contributed by atoms with Gasteiger partial charge in [0.25, 0.3) is 0 Å². The van der Waals surface area contributed by atoms with E-state index in [1.54, 1.807) is 19.1 Å². The molecule has 0 bridgehead atoms. The molecular weight excluding hydrogens is 340 g/mol. The van der Waals surface area contributed by atoms with E-state index in [-0.39, 0.29) is 6.04 Å². The molecule has 20 heavy (non-hydrogen) atoms. The topological polar surface area (TPSA) is 72.2 Å². The van der Waals surface area contributed by atoms with Crippen molar-refractivity contribution in [3.63, 3.8) is 0 Å². The number of hydrogen-bond donors (Lipinski definition) is 2. The van der Waals surface area contributed by atoms with Gasteiger partial charge in [-0.1, -0.05) is 0 Å². The predicted molar refractivity (Wildman–Crippen MR) is 82.8 cm³/mol. The minimum Gasteiger partial charge on any atom is -0.398 e. The molecule has 0 atom stereocenters. The molecule has 2 fully saturated rings. The van der Waals surface area contributed by atoms with Gasteiger partial charge in [-0.3, -0.25) is 0 Å². The average molecular weight is 359 g/mol. The van der Waals surface area contributed by atoms with Crippen molar-refractivity contribution in [3.8, 4) is 0 Å². The van der Waals surface area contributed by atoms with Crippen LogP contribution in [-0.2, 0) is 10.0 Å². The maximum Gasteiger partial charge on any atom is 0.241 e. The van der Waals surface area contributed by atoms with Gasteiger partial charge in [0.15, 0.2) is 0 Å². The first-order chi connectivity index (χ1) is 9.38. The van der Waals surface area contributed by atoms with Gasteiger partial charge >= 0.3 is 0 Å². The molecule has 1 aromatic rings. The maximum absolute atomic E-state index is 12.6. The third-order valence-corrected chi connectivity index (χ3v) is 6.42. The number of rotatable bonds is 5. The number of halogens is 1. The Morgan fingerprint density at radius 3 is 2.30 bits per heavy atom. The van der Waals surface area contributed by atoms with Gasteiger partial charge in [-0.25, -0.2) is 13.1 Å². The molecule has 2 aliphatic rings. The summed E-state index contributed by atoms with van der Waals surface area (Å²) in [6, 6.07) is 3.41. The van der Waals surface area contributed by atoms with E-state index in [0.29, 0.717) is 28.0 Å². The molecule has 6 heteroatoms. The van der Waals surface area contributed by atoms with Gasteiger partial charge < -0.3 is 5.73 Å². The summed E-state index contributed by atoms with van der Waals surface area (Å²) in [7, 11) is -3.49. The first-order valence-corrected chi connectivity index (χ1v) is 9.24. The van der Waals surface area contributed by atoms with Crippen LogP contribution in [0, 0.1) is 18.8 Å². The lowest BCUT2D eigenvalue weighted by Gasteiger charge is -2.19. The molecule has 2 aliphatic carbocycles. The fourth-order valence-electron chi connectivity index (χ4n) is 2.69. The highest BCUT2D eigenvalue weighted by atomic mass is 79.9. The normalized spacial score (nSPS) is 19.6. The Bertz CT molecular complexity index is 625. The second kappa shape index (κ2) is 5.00. The van der Waals surface area contributed by atoms with E-state index in [2.05, 4.69) is 20.7 Å². The fraction of sp³-hybridized carbons (Fsp3) is 0.571. The molecule has 4 nitrogen and oxygen atoms in total. The van der Waals surface area contributed by atoms with Crippen LogP contribution < -0.4 is 10.5 Å². The SMILES string of the molecule is Cc1cc(Br)c(N)cc1S(=O)(=O)NC(C1CC1)C1CC1. The van der Waals surface area contributed by atoms with Crippen LogP contribution in [0.1, 0.15) is 31.2 Å². The Kier molecular flexibility index (Phi) is 3.59. The van der Waals surface area contributed by atoms with E-state index in [1.807, 2.05) is 0 Å². The second-order valence-electron chi connectivity index (χ2n) is 5.96. The molecule has 0 aromatic heterocycles. The summed E-state index contributed by atoms with van der Waals surface area (Å²) in [5, 5.41) is 0. The van der Waals surface area contributed by atoms with Crippen LogP contribution in [0.4, 0.5) is 5.69 Å². The van der Waals surface area contributed by atoms with Gasteiger partial charge in [0.05, 0.1) is 4.90 Å². The van der Waals surface area contributed by atoms with Crippen LogP contribution in [0.5, 0.6) is 0 Å². The number of sulfonamides is 1. The number of nitrogens with two attached hydrogens (primary N) is 1. The summed E-state index contributed by atoms with van der Waals surface area (Å²) < 4.78 is 28.9. The average Bonchev–Trinajstić information content (AvgIpc) is 3.24. The van der Waals surface area contributed by atoms with Gasteiger partial charge in [0.1, 0.15) is 0 Å². The Labute approximate surface area is 128 Å².